The molecule has 0 radical (unpaired) electrons. The minimum absolute atomic E-state index is 0.0210. The fourth-order valence-electron chi connectivity index (χ4n) is 3.11. The van der Waals surface area contributed by atoms with Crippen molar-refractivity contribution in [2.45, 2.75) is 103 Å². The second kappa shape index (κ2) is 19.8. The van der Waals surface area contributed by atoms with E-state index in [9.17, 15) is 19.4 Å². The molecule has 198 valence electrons. The first-order valence-electron chi connectivity index (χ1n) is 13.9. The molecule has 0 aromatic rings. The summed E-state index contributed by atoms with van der Waals surface area (Å²) in [6.45, 7) is -2.17. The number of carbonyl (C=O) groups excluding carboxylic acids is 1. The number of esters is 1. The van der Waals surface area contributed by atoms with Crippen LogP contribution in [0.15, 0.2) is 0 Å². The predicted octanol–water partition coefficient (Wildman–Crippen LogP) is 4.58. The van der Waals surface area contributed by atoms with Crippen LogP contribution >= 0.6 is 7.82 Å². The van der Waals surface area contributed by atoms with E-state index in [0.717, 1.165) is 44.9 Å². The van der Waals surface area contributed by atoms with Crippen molar-refractivity contribution in [3.8, 4) is 0 Å². The Morgan fingerprint density at radius 1 is 0.909 bits per heavy atom. The number of ether oxygens (including phenoxy) is 1. The number of phosphoric acid groups is 1. The molecule has 0 aliphatic carbocycles. The van der Waals surface area contributed by atoms with Crippen molar-refractivity contribution in [1.82, 2.24) is 0 Å². The largest absolute Gasteiger partial charge is 0.756 e. The van der Waals surface area contributed by atoms with E-state index in [-0.39, 0.29) is 19.6 Å². The summed E-state index contributed by atoms with van der Waals surface area (Å²) in [5.74, 6) is -0.419. The Morgan fingerprint density at radius 2 is 1.42 bits per heavy atom. The minimum atomic E-state index is -4.51. The number of likely N-dealkylation sites (N-methyl/N-ethyl adjacent to an activating group) is 1. The van der Waals surface area contributed by atoms with Gasteiger partial charge in [0.05, 0.1) is 27.7 Å². The SMILES string of the molecule is [2H]C([2H])([2H])CCCCCCCCCCCCCCC(=O)OC[C@@H](O)COP(=O)([O-])OCC[N+](C)(C)C. The molecule has 0 aliphatic rings. The van der Waals surface area contributed by atoms with E-state index in [1.165, 1.54) is 32.1 Å². The molecule has 2 atom stereocenters. The zero-order valence-corrected chi connectivity index (χ0v) is 22.0. The lowest BCUT2D eigenvalue weighted by Crippen LogP contribution is -2.37. The van der Waals surface area contributed by atoms with Gasteiger partial charge in [-0.1, -0.05) is 83.9 Å². The van der Waals surface area contributed by atoms with Crippen molar-refractivity contribution in [2.24, 2.45) is 0 Å². The quantitative estimate of drug-likeness (QED) is 0.0951. The number of nitrogens with zero attached hydrogens (tertiary/aromatic N) is 1. The molecule has 0 aromatic carbocycles. The van der Waals surface area contributed by atoms with Gasteiger partial charge in [-0.25, -0.2) is 0 Å². The maximum atomic E-state index is 11.8. The molecular formula is C24H50NO7P. The zero-order chi connectivity index (χ0) is 27.5. The van der Waals surface area contributed by atoms with Gasteiger partial charge >= 0.3 is 5.97 Å². The van der Waals surface area contributed by atoms with Gasteiger partial charge in [-0.2, -0.15) is 0 Å². The van der Waals surface area contributed by atoms with E-state index in [1.807, 2.05) is 21.1 Å². The van der Waals surface area contributed by atoms with E-state index in [0.29, 0.717) is 17.4 Å². The summed E-state index contributed by atoms with van der Waals surface area (Å²) in [4.78, 5) is 23.5. The maximum Gasteiger partial charge on any atom is 0.305 e. The number of aliphatic hydroxyl groups excluding tert-OH is 1. The molecule has 9 heteroatoms. The average molecular weight is 499 g/mol. The molecule has 0 saturated heterocycles. The van der Waals surface area contributed by atoms with Crippen LogP contribution in [0.1, 0.15) is 101 Å². The number of unbranched alkanes of at least 4 members (excludes halogenated alkanes) is 11. The van der Waals surface area contributed by atoms with Gasteiger partial charge in [-0.05, 0) is 6.42 Å². The Bertz CT molecular complexity index is 615. The lowest BCUT2D eigenvalue weighted by atomic mass is 10.0. The van der Waals surface area contributed by atoms with Crippen molar-refractivity contribution in [1.29, 1.82) is 0 Å². The van der Waals surface area contributed by atoms with Crippen LogP contribution in [0.4, 0.5) is 0 Å². The van der Waals surface area contributed by atoms with Gasteiger partial charge in [-0.15, -0.1) is 0 Å². The van der Waals surface area contributed by atoms with Gasteiger partial charge in [0.15, 0.2) is 0 Å². The fraction of sp³-hybridized carbons (Fsp3) is 0.958. The lowest BCUT2D eigenvalue weighted by Gasteiger charge is -2.27. The smallest absolute Gasteiger partial charge is 0.305 e. The van der Waals surface area contributed by atoms with Crippen molar-refractivity contribution < 1.29 is 41.7 Å². The fourth-order valence-corrected chi connectivity index (χ4v) is 3.85. The van der Waals surface area contributed by atoms with Crippen LogP contribution in [-0.2, 0) is 23.1 Å². The molecule has 0 spiro atoms. The van der Waals surface area contributed by atoms with Gasteiger partial charge in [0.1, 0.15) is 25.9 Å². The van der Waals surface area contributed by atoms with Crippen LogP contribution in [0.5, 0.6) is 0 Å². The highest BCUT2D eigenvalue weighted by atomic mass is 31.2. The highest BCUT2D eigenvalue weighted by Gasteiger charge is 2.16. The second-order valence-electron chi connectivity index (χ2n) is 9.67. The molecule has 1 unspecified atom stereocenters. The lowest BCUT2D eigenvalue weighted by molar-refractivity contribution is -0.870. The number of hydrogen-bond acceptors (Lipinski definition) is 7. The van der Waals surface area contributed by atoms with Crippen LogP contribution in [0.2, 0.25) is 0 Å². The van der Waals surface area contributed by atoms with Gasteiger partial charge in [-0.3, -0.25) is 9.36 Å². The Morgan fingerprint density at radius 3 is 1.94 bits per heavy atom. The number of hydrogen-bond donors (Lipinski definition) is 1. The topological polar surface area (TPSA) is 105 Å². The number of quaternary nitrogens is 1. The van der Waals surface area contributed by atoms with Crippen molar-refractivity contribution in [3.63, 3.8) is 0 Å². The standard InChI is InChI=1S/C24H50NO7P/c1-5-6-7-8-9-10-11-12-13-14-15-16-17-18-24(27)30-21-23(26)22-32-33(28,29)31-20-19-25(2,3)4/h23,26H,5-22H2,1-4H3/t23-/m1/s1/i1D3. The Kier molecular flexibility index (Phi) is 16.2. The summed E-state index contributed by atoms with van der Waals surface area (Å²) in [7, 11) is 1.20. The molecule has 0 rings (SSSR count). The monoisotopic (exact) mass is 498 g/mol. The van der Waals surface area contributed by atoms with E-state index in [1.54, 1.807) is 0 Å². The Hall–Kier alpha value is -0.500. The molecule has 0 aliphatic heterocycles. The Labute approximate surface area is 206 Å². The van der Waals surface area contributed by atoms with Crippen LogP contribution < -0.4 is 4.89 Å². The van der Waals surface area contributed by atoms with Gasteiger partial charge in [0.2, 0.25) is 0 Å². The molecule has 8 nitrogen and oxygen atoms in total. The number of carbonyl (C=O) groups is 1. The number of rotatable bonds is 23. The summed E-state index contributed by atoms with van der Waals surface area (Å²) in [5, 5.41) is 9.79. The van der Waals surface area contributed by atoms with Crippen LogP contribution in [-0.4, -0.2) is 69.2 Å². The molecule has 0 fully saturated rings. The molecule has 1 N–H and O–H groups in total. The van der Waals surface area contributed by atoms with Crippen molar-refractivity contribution in [3.05, 3.63) is 0 Å². The summed E-state index contributed by atoms with van der Waals surface area (Å²) in [6, 6.07) is 0. The summed E-state index contributed by atoms with van der Waals surface area (Å²) in [6.07, 6.45) is 12.1. The van der Waals surface area contributed by atoms with Crippen LogP contribution in [0, 0.1) is 0 Å². The first kappa shape index (κ1) is 27.1. The third-order valence-electron chi connectivity index (χ3n) is 5.18. The van der Waals surface area contributed by atoms with Gasteiger partial charge in [0.25, 0.3) is 7.82 Å². The van der Waals surface area contributed by atoms with E-state index in [4.69, 9.17) is 13.4 Å². The molecule has 0 aromatic heterocycles. The molecule has 0 bridgehead atoms. The zero-order valence-electron chi connectivity index (χ0n) is 24.1. The normalized spacial score (nSPS) is 16.5. The molecule has 0 amide bonds. The van der Waals surface area contributed by atoms with Crippen LogP contribution in [0.25, 0.3) is 0 Å². The van der Waals surface area contributed by atoms with Crippen molar-refractivity contribution in [2.75, 3.05) is 47.5 Å². The first-order valence-corrected chi connectivity index (χ1v) is 13.9. The number of aliphatic hydroxyl groups is 1. The summed E-state index contributed by atoms with van der Waals surface area (Å²) < 4.78 is 48.1. The van der Waals surface area contributed by atoms with Gasteiger partial charge in [0, 0.05) is 10.5 Å². The van der Waals surface area contributed by atoms with Crippen LogP contribution in [0.3, 0.4) is 0 Å². The third-order valence-corrected chi connectivity index (χ3v) is 6.15. The number of phosphoric ester groups is 1. The van der Waals surface area contributed by atoms with Gasteiger partial charge < -0.3 is 28.3 Å². The maximum absolute atomic E-state index is 11.8. The summed E-state index contributed by atoms with van der Waals surface area (Å²) >= 11 is 0. The molecule has 0 saturated carbocycles. The van der Waals surface area contributed by atoms with E-state index in [2.05, 4.69) is 4.52 Å². The first-order chi connectivity index (χ1) is 16.7. The third kappa shape index (κ3) is 24.4. The minimum Gasteiger partial charge on any atom is -0.756 e. The van der Waals surface area contributed by atoms with E-state index < -0.39 is 33.4 Å². The highest BCUT2D eigenvalue weighted by molar-refractivity contribution is 7.45. The molecular weight excluding hydrogens is 445 g/mol. The van der Waals surface area contributed by atoms with E-state index >= 15 is 0 Å². The van der Waals surface area contributed by atoms with Crippen molar-refractivity contribution >= 4 is 13.8 Å². The molecule has 0 heterocycles. The Balaban J connectivity index is 3.55. The second-order valence-corrected chi connectivity index (χ2v) is 11.1. The predicted molar refractivity (Wildman–Crippen MR) is 130 cm³/mol. The summed E-state index contributed by atoms with van der Waals surface area (Å²) in [5.41, 5.74) is 0. The highest BCUT2D eigenvalue weighted by Crippen LogP contribution is 2.38. The molecule has 33 heavy (non-hydrogen) atoms. The average Bonchev–Trinajstić information content (AvgIpc) is 2.74.